The van der Waals surface area contributed by atoms with Gasteiger partial charge in [-0.15, -0.1) is 0 Å². The molecule has 0 unspecified atom stereocenters. The van der Waals surface area contributed by atoms with E-state index in [9.17, 15) is 9.18 Å². The number of guanidine groups is 1. The highest BCUT2D eigenvalue weighted by molar-refractivity contribution is 5.80. The topological polar surface area (TPSA) is 56.7 Å². The van der Waals surface area contributed by atoms with Gasteiger partial charge in [-0.25, -0.2) is 4.39 Å². The normalized spacial score (nSPS) is 16.1. The highest BCUT2D eigenvalue weighted by Crippen LogP contribution is 2.24. The first-order valence-corrected chi connectivity index (χ1v) is 11.4. The molecule has 0 atom stereocenters. The van der Waals surface area contributed by atoms with Crippen molar-refractivity contribution in [3.8, 4) is 0 Å². The number of benzene rings is 1. The Morgan fingerprint density at radius 2 is 1.90 bits per heavy atom. The summed E-state index contributed by atoms with van der Waals surface area (Å²) in [5, 5.41) is 6.86. The Morgan fingerprint density at radius 1 is 1.23 bits per heavy atom. The molecule has 1 amide bonds. The summed E-state index contributed by atoms with van der Waals surface area (Å²) in [5.74, 6) is 1.02. The van der Waals surface area contributed by atoms with Crippen molar-refractivity contribution in [1.82, 2.24) is 15.5 Å². The van der Waals surface area contributed by atoms with Gasteiger partial charge in [0, 0.05) is 37.0 Å². The second kappa shape index (κ2) is 11.3. The predicted octanol–water partition coefficient (Wildman–Crippen LogP) is 4.09. The molecule has 1 aliphatic heterocycles. The lowest BCUT2D eigenvalue weighted by Crippen LogP contribution is -2.50. The van der Waals surface area contributed by atoms with E-state index in [0.29, 0.717) is 18.5 Å². The summed E-state index contributed by atoms with van der Waals surface area (Å²) in [6, 6.07) is 7.05. The highest BCUT2D eigenvalue weighted by Gasteiger charge is 2.27. The van der Waals surface area contributed by atoms with Gasteiger partial charge in [0.2, 0.25) is 5.91 Å². The van der Waals surface area contributed by atoms with Gasteiger partial charge in [-0.1, -0.05) is 39.8 Å². The van der Waals surface area contributed by atoms with Crippen molar-refractivity contribution in [3.63, 3.8) is 0 Å². The van der Waals surface area contributed by atoms with Gasteiger partial charge < -0.3 is 15.5 Å². The maximum atomic E-state index is 13.6. The van der Waals surface area contributed by atoms with E-state index < -0.39 is 0 Å². The van der Waals surface area contributed by atoms with E-state index >= 15 is 0 Å². The van der Waals surface area contributed by atoms with Gasteiger partial charge in [-0.05, 0) is 50.3 Å². The standard InChI is InChI=1S/C24H39FN4O/c1-6-18(7-2)22(30)29-14-12-21(13-15-29)28-23(26-8-3)27-17-24(4,5)19-10-9-11-20(25)16-19/h9-11,16,18,21H,6-8,12-15,17H2,1-5H3,(H2,26,27,28). The summed E-state index contributed by atoms with van der Waals surface area (Å²) in [6.07, 6.45) is 3.66. The Kier molecular flexibility index (Phi) is 9.12. The smallest absolute Gasteiger partial charge is 0.225 e. The van der Waals surface area contributed by atoms with Gasteiger partial charge >= 0.3 is 0 Å². The van der Waals surface area contributed by atoms with Crippen molar-refractivity contribution in [3.05, 3.63) is 35.6 Å². The molecule has 2 rings (SSSR count). The van der Waals surface area contributed by atoms with Crippen LogP contribution >= 0.6 is 0 Å². The SMILES string of the molecule is CCNC(=NCC(C)(C)c1cccc(F)c1)NC1CCN(C(=O)C(CC)CC)CC1. The van der Waals surface area contributed by atoms with Crippen molar-refractivity contribution < 1.29 is 9.18 Å². The highest BCUT2D eigenvalue weighted by atomic mass is 19.1. The fourth-order valence-corrected chi connectivity index (χ4v) is 3.93. The number of halogens is 1. The zero-order valence-electron chi connectivity index (χ0n) is 19.3. The number of hydrogen-bond donors (Lipinski definition) is 2. The van der Waals surface area contributed by atoms with Crippen molar-refractivity contribution in [2.45, 2.75) is 71.8 Å². The van der Waals surface area contributed by atoms with Crippen LogP contribution in [0.3, 0.4) is 0 Å². The van der Waals surface area contributed by atoms with Gasteiger partial charge in [0.05, 0.1) is 6.54 Å². The van der Waals surface area contributed by atoms with E-state index in [1.807, 2.05) is 17.9 Å². The number of aliphatic imine (C=N–C) groups is 1. The average Bonchev–Trinajstić information content (AvgIpc) is 2.73. The first kappa shape index (κ1) is 24.2. The minimum atomic E-state index is -0.268. The van der Waals surface area contributed by atoms with Crippen LogP contribution in [0.5, 0.6) is 0 Å². The summed E-state index contributed by atoms with van der Waals surface area (Å²) in [4.78, 5) is 19.4. The van der Waals surface area contributed by atoms with E-state index in [1.165, 1.54) is 6.07 Å². The minimum Gasteiger partial charge on any atom is -0.357 e. The number of carbonyl (C=O) groups is 1. The van der Waals surface area contributed by atoms with Crippen LogP contribution < -0.4 is 10.6 Å². The Balaban J connectivity index is 1.95. The largest absolute Gasteiger partial charge is 0.357 e. The molecular formula is C24H39FN4O. The number of nitrogens with zero attached hydrogens (tertiary/aromatic N) is 2. The maximum absolute atomic E-state index is 13.6. The van der Waals surface area contributed by atoms with Crippen LogP contribution in [0.25, 0.3) is 0 Å². The number of piperidine rings is 1. The number of carbonyl (C=O) groups excluding carboxylic acids is 1. The third-order valence-electron chi connectivity index (χ3n) is 6.07. The molecule has 1 aromatic carbocycles. The molecule has 30 heavy (non-hydrogen) atoms. The number of hydrogen-bond acceptors (Lipinski definition) is 2. The van der Waals surface area contributed by atoms with Crippen molar-refractivity contribution >= 4 is 11.9 Å². The number of nitrogens with one attached hydrogen (secondary N) is 2. The number of rotatable bonds is 8. The van der Waals surface area contributed by atoms with Crippen molar-refractivity contribution in [2.24, 2.45) is 10.9 Å². The quantitative estimate of drug-likeness (QED) is 0.494. The molecule has 0 bridgehead atoms. The first-order chi connectivity index (χ1) is 14.3. The Hall–Kier alpha value is -2.11. The number of amides is 1. The molecule has 1 fully saturated rings. The molecule has 168 valence electrons. The van der Waals surface area contributed by atoms with Gasteiger partial charge in [-0.3, -0.25) is 9.79 Å². The summed E-state index contributed by atoms with van der Waals surface area (Å²) in [6.45, 7) is 13.3. The molecule has 1 heterocycles. The fourth-order valence-electron chi connectivity index (χ4n) is 3.93. The van der Waals surface area contributed by atoms with Gasteiger partial charge in [0.15, 0.2) is 5.96 Å². The predicted molar refractivity (Wildman–Crippen MR) is 122 cm³/mol. The summed E-state index contributed by atoms with van der Waals surface area (Å²) in [7, 11) is 0. The van der Waals surface area contributed by atoms with Crippen LogP contribution in [-0.4, -0.2) is 49.0 Å². The summed E-state index contributed by atoms with van der Waals surface area (Å²) < 4.78 is 13.6. The lowest BCUT2D eigenvalue weighted by atomic mass is 9.85. The van der Waals surface area contributed by atoms with Gasteiger partial charge in [0.25, 0.3) is 0 Å². The van der Waals surface area contributed by atoms with Crippen LogP contribution in [0.2, 0.25) is 0 Å². The Morgan fingerprint density at radius 3 is 2.47 bits per heavy atom. The lowest BCUT2D eigenvalue weighted by molar-refractivity contribution is -0.136. The third-order valence-corrected chi connectivity index (χ3v) is 6.07. The third kappa shape index (κ3) is 6.71. The van der Waals surface area contributed by atoms with E-state index in [-0.39, 0.29) is 17.2 Å². The van der Waals surface area contributed by atoms with E-state index in [1.54, 1.807) is 12.1 Å². The molecule has 1 aromatic rings. The lowest BCUT2D eigenvalue weighted by Gasteiger charge is -2.35. The molecule has 2 N–H and O–H groups in total. The Labute approximate surface area is 181 Å². The van der Waals surface area contributed by atoms with Gasteiger partial charge in [-0.2, -0.15) is 0 Å². The van der Waals surface area contributed by atoms with E-state index in [0.717, 1.165) is 56.8 Å². The van der Waals surface area contributed by atoms with Crippen LogP contribution in [-0.2, 0) is 10.2 Å². The molecule has 5 nitrogen and oxygen atoms in total. The number of likely N-dealkylation sites (tertiary alicyclic amines) is 1. The van der Waals surface area contributed by atoms with E-state index in [4.69, 9.17) is 4.99 Å². The minimum absolute atomic E-state index is 0.151. The van der Waals surface area contributed by atoms with Crippen LogP contribution in [0.15, 0.2) is 29.3 Å². The maximum Gasteiger partial charge on any atom is 0.225 e. The molecule has 0 aliphatic carbocycles. The molecule has 1 saturated heterocycles. The molecule has 0 radical (unpaired) electrons. The molecule has 0 spiro atoms. The molecule has 6 heteroatoms. The average molecular weight is 419 g/mol. The molecule has 0 aromatic heterocycles. The van der Waals surface area contributed by atoms with Crippen LogP contribution in [0.4, 0.5) is 4.39 Å². The Bertz CT molecular complexity index is 707. The summed E-state index contributed by atoms with van der Waals surface area (Å²) in [5.41, 5.74) is 0.672. The summed E-state index contributed by atoms with van der Waals surface area (Å²) >= 11 is 0. The first-order valence-electron chi connectivity index (χ1n) is 11.4. The van der Waals surface area contributed by atoms with Crippen molar-refractivity contribution in [1.29, 1.82) is 0 Å². The van der Waals surface area contributed by atoms with Crippen LogP contribution in [0.1, 0.15) is 65.9 Å². The van der Waals surface area contributed by atoms with Crippen LogP contribution in [0, 0.1) is 11.7 Å². The monoisotopic (exact) mass is 418 g/mol. The zero-order valence-corrected chi connectivity index (χ0v) is 19.3. The molecule has 0 saturated carbocycles. The van der Waals surface area contributed by atoms with E-state index in [2.05, 4.69) is 38.3 Å². The second-order valence-corrected chi connectivity index (χ2v) is 8.85. The second-order valence-electron chi connectivity index (χ2n) is 8.85. The molecular weight excluding hydrogens is 379 g/mol. The molecule has 1 aliphatic rings. The van der Waals surface area contributed by atoms with Crippen molar-refractivity contribution in [2.75, 3.05) is 26.2 Å². The van der Waals surface area contributed by atoms with Gasteiger partial charge in [0.1, 0.15) is 5.82 Å². The fraction of sp³-hybridized carbons (Fsp3) is 0.667. The zero-order chi connectivity index (χ0) is 22.1.